The molecule has 5 nitrogen and oxygen atoms in total. The molecular weight excluding hydrogens is 391 g/mol. The molecule has 1 aliphatic rings. The minimum absolute atomic E-state index is 0.00397. The van der Waals surface area contributed by atoms with Crippen LogP contribution in [0, 0.1) is 5.82 Å². The van der Waals surface area contributed by atoms with Gasteiger partial charge < -0.3 is 5.32 Å². The Balaban J connectivity index is 1.66. The highest BCUT2D eigenvalue weighted by molar-refractivity contribution is 7.89. The molecule has 1 fully saturated rings. The molecule has 0 unspecified atom stereocenters. The van der Waals surface area contributed by atoms with Crippen LogP contribution >= 0.6 is 11.6 Å². The van der Waals surface area contributed by atoms with E-state index in [0.29, 0.717) is 18.7 Å². The smallest absolute Gasteiger partial charge is 0.243 e. The lowest BCUT2D eigenvalue weighted by Crippen LogP contribution is -2.35. The molecule has 1 aliphatic heterocycles. The van der Waals surface area contributed by atoms with Crippen LogP contribution in [-0.2, 0) is 21.2 Å². The van der Waals surface area contributed by atoms with Crippen molar-refractivity contribution in [2.24, 2.45) is 0 Å². The Kier molecular flexibility index (Phi) is 6.14. The number of halogens is 2. The molecular formula is C19H20ClFN2O3S. The summed E-state index contributed by atoms with van der Waals surface area (Å²) in [7, 11) is -3.50. The normalized spacial score (nSPS) is 15.5. The first kappa shape index (κ1) is 19.8. The summed E-state index contributed by atoms with van der Waals surface area (Å²) < 4.78 is 40.6. The summed E-state index contributed by atoms with van der Waals surface area (Å²) in [4.78, 5) is 12.3. The van der Waals surface area contributed by atoms with E-state index in [4.69, 9.17) is 11.6 Å². The molecule has 1 heterocycles. The lowest BCUT2D eigenvalue weighted by Gasteiger charge is -2.25. The summed E-state index contributed by atoms with van der Waals surface area (Å²) in [6.07, 6.45) is 2.79. The number of hydrogen-bond donors (Lipinski definition) is 1. The average molecular weight is 411 g/mol. The van der Waals surface area contributed by atoms with Gasteiger partial charge in [0.15, 0.2) is 5.82 Å². The summed E-state index contributed by atoms with van der Waals surface area (Å²) in [5.74, 6) is -1.10. The van der Waals surface area contributed by atoms with Crippen molar-refractivity contribution in [3.8, 4) is 0 Å². The van der Waals surface area contributed by atoms with E-state index in [-0.39, 0.29) is 22.0 Å². The number of amides is 1. The average Bonchev–Trinajstić information content (AvgIpc) is 2.66. The van der Waals surface area contributed by atoms with Gasteiger partial charge in [-0.25, -0.2) is 12.8 Å². The highest BCUT2D eigenvalue weighted by Gasteiger charge is 2.25. The molecule has 0 spiro atoms. The van der Waals surface area contributed by atoms with E-state index >= 15 is 0 Å². The van der Waals surface area contributed by atoms with E-state index in [1.807, 2.05) is 0 Å². The van der Waals surface area contributed by atoms with Gasteiger partial charge >= 0.3 is 0 Å². The molecule has 2 aromatic rings. The van der Waals surface area contributed by atoms with Gasteiger partial charge in [-0.1, -0.05) is 36.2 Å². The zero-order valence-corrected chi connectivity index (χ0v) is 16.2. The number of anilines is 1. The van der Waals surface area contributed by atoms with Crippen molar-refractivity contribution in [3.05, 3.63) is 58.9 Å². The highest BCUT2D eigenvalue weighted by atomic mass is 35.5. The third-order valence-electron chi connectivity index (χ3n) is 4.47. The Morgan fingerprint density at radius 3 is 2.41 bits per heavy atom. The minimum Gasteiger partial charge on any atom is -0.323 e. The number of sulfonamides is 1. The molecule has 3 rings (SSSR count). The number of benzene rings is 2. The molecule has 0 radical (unpaired) electrons. The topological polar surface area (TPSA) is 66.5 Å². The standard InChI is InChI=1S/C19H20ClFN2O3S/c20-16-5-4-6-17(19(16)21)22-18(24)13-14-7-9-15(10-8-14)27(25,26)23-11-2-1-3-12-23/h4-10H,1-3,11-13H2,(H,22,24). The molecule has 0 aromatic heterocycles. The maximum absolute atomic E-state index is 13.8. The number of piperidine rings is 1. The van der Waals surface area contributed by atoms with Crippen molar-refractivity contribution in [3.63, 3.8) is 0 Å². The Morgan fingerprint density at radius 1 is 1.07 bits per heavy atom. The fourth-order valence-electron chi connectivity index (χ4n) is 3.01. The van der Waals surface area contributed by atoms with E-state index in [2.05, 4.69) is 5.32 Å². The Hall–Kier alpha value is -1.96. The van der Waals surface area contributed by atoms with Crippen molar-refractivity contribution >= 4 is 33.2 Å². The number of hydrogen-bond acceptors (Lipinski definition) is 3. The molecule has 0 bridgehead atoms. The van der Waals surface area contributed by atoms with Gasteiger partial charge in [-0.3, -0.25) is 4.79 Å². The number of nitrogens with one attached hydrogen (secondary N) is 1. The third-order valence-corrected chi connectivity index (χ3v) is 6.67. The number of carbonyl (C=O) groups is 1. The van der Waals surface area contributed by atoms with Gasteiger partial charge in [0.2, 0.25) is 15.9 Å². The van der Waals surface area contributed by atoms with Gasteiger partial charge in [-0.2, -0.15) is 4.31 Å². The van der Waals surface area contributed by atoms with Crippen molar-refractivity contribution in [2.45, 2.75) is 30.6 Å². The van der Waals surface area contributed by atoms with E-state index in [9.17, 15) is 17.6 Å². The first-order valence-electron chi connectivity index (χ1n) is 8.71. The van der Waals surface area contributed by atoms with Crippen LogP contribution in [0.15, 0.2) is 47.4 Å². The van der Waals surface area contributed by atoms with Crippen molar-refractivity contribution in [1.82, 2.24) is 4.31 Å². The quantitative estimate of drug-likeness (QED) is 0.814. The van der Waals surface area contributed by atoms with Crippen LogP contribution in [0.5, 0.6) is 0 Å². The van der Waals surface area contributed by atoms with Gasteiger partial charge in [-0.15, -0.1) is 0 Å². The van der Waals surface area contributed by atoms with Crippen LogP contribution in [0.1, 0.15) is 24.8 Å². The van der Waals surface area contributed by atoms with Crippen molar-refractivity contribution in [2.75, 3.05) is 18.4 Å². The van der Waals surface area contributed by atoms with Crippen molar-refractivity contribution < 1.29 is 17.6 Å². The molecule has 1 N–H and O–H groups in total. The molecule has 0 aliphatic carbocycles. The summed E-state index contributed by atoms with van der Waals surface area (Å²) in [5, 5.41) is 2.40. The SMILES string of the molecule is O=C(Cc1ccc(S(=O)(=O)N2CCCCC2)cc1)Nc1cccc(Cl)c1F. The minimum atomic E-state index is -3.50. The van der Waals surface area contributed by atoms with E-state index < -0.39 is 21.7 Å². The second-order valence-corrected chi connectivity index (χ2v) is 8.78. The number of rotatable bonds is 5. The molecule has 1 saturated heterocycles. The molecule has 144 valence electrons. The highest BCUT2D eigenvalue weighted by Crippen LogP contribution is 2.23. The molecule has 27 heavy (non-hydrogen) atoms. The van der Waals surface area contributed by atoms with Crippen molar-refractivity contribution in [1.29, 1.82) is 0 Å². The maximum Gasteiger partial charge on any atom is 0.243 e. The molecule has 1 amide bonds. The largest absolute Gasteiger partial charge is 0.323 e. The Morgan fingerprint density at radius 2 is 1.74 bits per heavy atom. The van der Waals surface area contributed by atoms with Crippen LogP contribution in [0.4, 0.5) is 10.1 Å². The summed E-state index contributed by atoms with van der Waals surface area (Å²) >= 11 is 5.69. The maximum atomic E-state index is 13.8. The first-order valence-corrected chi connectivity index (χ1v) is 10.5. The monoisotopic (exact) mass is 410 g/mol. The van der Waals surface area contributed by atoms with E-state index in [1.165, 1.54) is 28.6 Å². The molecule has 0 atom stereocenters. The van der Waals surface area contributed by atoms with Crippen LogP contribution < -0.4 is 5.32 Å². The molecule has 0 saturated carbocycles. The Labute approximate surface area is 163 Å². The lowest BCUT2D eigenvalue weighted by molar-refractivity contribution is -0.115. The van der Waals surface area contributed by atoms with E-state index in [1.54, 1.807) is 18.2 Å². The van der Waals surface area contributed by atoms with Crippen LogP contribution in [0.3, 0.4) is 0 Å². The predicted octanol–water partition coefficient (Wildman–Crippen LogP) is 3.83. The fraction of sp³-hybridized carbons (Fsp3) is 0.316. The van der Waals surface area contributed by atoms with Crippen LogP contribution in [0.25, 0.3) is 0 Å². The van der Waals surface area contributed by atoms with Gasteiger partial charge in [0, 0.05) is 13.1 Å². The number of nitrogens with zero attached hydrogens (tertiary/aromatic N) is 1. The number of carbonyl (C=O) groups excluding carboxylic acids is 1. The third kappa shape index (κ3) is 4.66. The fourth-order valence-corrected chi connectivity index (χ4v) is 4.71. The molecule has 8 heteroatoms. The Bertz CT molecular complexity index is 926. The first-order chi connectivity index (χ1) is 12.9. The van der Waals surface area contributed by atoms with Crippen LogP contribution in [-0.4, -0.2) is 31.7 Å². The van der Waals surface area contributed by atoms with Crippen LogP contribution in [0.2, 0.25) is 5.02 Å². The zero-order chi connectivity index (χ0) is 19.4. The lowest BCUT2D eigenvalue weighted by atomic mass is 10.1. The van der Waals surface area contributed by atoms with Gasteiger partial charge in [0.25, 0.3) is 0 Å². The second kappa shape index (κ2) is 8.37. The summed E-state index contributed by atoms with van der Waals surface area (Å²) in [6, 6.07) is 10.6. The summed E-state index contributed by atoms with van der Waals surface area (Å²) in [5.41, 5.74) is 0.643. The van der Waals surface area contributed by atoms with E-state index in [0.717, 1.165) is 19.3 Å². The predicted molar refractivity (Wildman–Crippen MR) is 103 cm³/mol. The molecule has 2 aromatic carbocycles. The van der Waals surface area contributed by atoms with Gasteiger partial charge in [0.1, 0.15) is 0 Å². The van der Waals surface area contributed by atoms with Gasteiger partial charge in [-0.05, 0) is 42.7 Å². The zero-order valence-electron chi connectivity index (χ0n) is 14.6. The van der Waals surface area contributed by atoms with Gasteiger partial charge in [0.05, 0.1) is 22.0 Å². The summed E-state index contributed by atoms with van der Waals surface area (Å²) in [6.45, 7) is 1.08. The second-order valence-electron chi connectivity index (χ2n) is 6.44.